The van der Waals surface area contributed by atoms with Crippen LogP contribution >= 0.6 is 0 Å². The van der Waals surface area contributed by atoms with Crippen molar-refractivity contribution in [3.05, 3.63) is 333 Å². The second-order valence-corrected chi connectivity index (χ2v) is 24.2. The van der Waals surface area contributed by atoms with Crippen molar-refractivity contribution >= 4 is 43.6 Å². The second-order valence-electron chi connectivity index (χ2n) is 24.2. The third-order valence-corrected chi connectivity index (χ3v) is 18.0. The maximum Gasteiger partial charge on any atom is 0.160 e. The highest BCUT2D eigenvalue weighted by molar-refractivity contribution is 6.14. The Morgan fingerprint density at radius 2 is 0.585 bits per heavy atom. The van der Waals surface area contributed by atoms with Crippen molar-refractivity contribution in [3.8, 4) is 124 Å². The molecule has 0 spiro atoms. The van der Waals surface area contributed by atoms with Gasteiger partial charge in [0.2, 0.25) is 0 Å². The maximum absolute atomic E-state index is 5.79. The number of nitrogens with zero attached hydrogens (tertiary/aromatic N) is 7. The van der Waals surface area contributed by atoms with E-state index in [-0.39, 0.29) is 0 Å². The van der Waals surface area contributed by atoms with Crippen molar-refractivity contribution in [1.82, 2.24) is 34.1 Å². The molecule has 17 aromatic rings. The van der Waals surface area contributed by atoms with Crippen molar-refractivity contribution in [2.45, 2.75) is 13.8 Å². The Labute approximate surface area is 545 Å². The summed E-state index contributed by atoms with van der Waals surface area (Å²) in [7, 11) is 0. The zero-order valence-corrected chi connectivity index (χ0v) is 51.7. The summed E-state index contributed by atoms with van der Waals surface area (Å²) in [5.74, 6) is 1.23. The van der Waals surface area contributed by atoms with Gasteiger partial charge in [0.25, 0.3) is 0 Å². The van der Waals surface area contributed by atoms with E-state index in [0.717, 1.165) is 156 Å². The Kier molecular flexibility index (Phi) is 13.8. The van der Waals surface area contributed by atoms with Gasteiger partial charge in [0.1, 0.15) is 0 Å². The summed E-state index contributed by atoms with van der Waals surface area (Å²) < 4.78 is 5.01. The summed E-state index contributed by atoms with van der Waals surface area (Å²) in [5.41, 5.74) is 25.2. The Hall–Kier alpha value is -12.5. The van der Waals surface area contributed by atoms with Gasteiger partial charge in [0.15, 0.2) is 11.6 Å². The van der Waals surface area contributed by atoms with Crippen LogP contribution in [0.25, 0.3) is 168 Å². The summed E-state index contributed by atoms with van der Waals surface area (Å²) in [4.78, 5) is 27.5. The molecule has 12 aromatic carbocycles. The van der Waals surface area contributed by atoms with Crippen molar-refractivity contribution in [2.75, 3.05) is 0 Å². The Morgan fingerprint density at radius 3 is 1.07 bits per heavy atom. The highest BCUT2D eigenvalue weighted by Crippen LogP contribution is 2.47. The van der Waals surface area contributed by atoms with Gasteiger partial charge in [-0.2, -0.15) is 0 Å². The van der Waals surface area contributed by atoms with E-state index in [2.05, 4.69) is 314 Å². The molecule has 0 N–H and O–H groups in total. The lowest BCUT2D eigenvalue weighted by atomic mass is 9.97. The summed E-state index contributed by atoms with van der Waals surface area (Å²) in [6, 6.07) is 114. The predicted molar refractivity (Wildman–Crippen MR) is 388 cm³/mol. The summed E-state index contributed by atoms with van der Waals surface area (Å²) in [6.07, 6.45) is 0. The van der Waals surface area contributed by atoms with E-state index in [9.17, 15) is 0 Å². The number of pyridine rings is 1. The molecule has 0 bridgehead atoms. The number of aryl methyl sites for hydroxylation is 2. The predicted octanol–water partition coefficient (Wildman–Crippen LogP) is 22.1. The third kappa shape index (κ3) is 10.2. The Bertz CT molecular complexity index is 5480. The molecular formula is C87H59N7. The molecule has 0 aliphatic heterocycles. The molecule has 7 heteroatoms. The molecule has 5 aromatic heterocycles. The van der Waals surface area contributed by atoms with Gasteiger partial charge in [0, 0.05) is 66.1 Å². The maximum atomic E-state index is 5.79. The van der Waals surface area contributed by atoms with Gasteiger partial charge in [0.05, 0.1) is 67.6 Å². The largest absolute Gasteiger partial charge is 0.307 e. The van der Waals surface area contributed by atoms with Crippen LogP contribution in [0.4, 0.5) is 0 Å². The first kappa shape index (κ1) is 55.6. The molecule has 0 atom stereocenters. The zero-order chi connectivity index (χ0) is 62.6. The van der Waals surface area contributed by atoms with Crippen LogP contribution in [0, 0.1) is 13.8 Å². The number of hydrogen-bond acceptors (Lipinski definition) is 5. The lowest BCUT2D eigenvalue weighted by Gasteiger charge is -2.23. The van der Waals surface area contributed by atoms with Crippen molar-refractivity contribution in [1.29, 1.82) is 0 Å². The SMILES string of the molecule is Cc1ccc2c(c1)c1cc(C)ccc1n2-c1cc(-c2cc(-c3ccccc3)nc(-c3ccccc3)n2)cc(-c2cc(-c3ccccc3)nc(-c3ccccc3)n2)c1-n1c2ccc(-c3ccccc3)cc2c2ccc(-c3cc(-c4ccccc4)nc(-c4ccccc4)c3)cc21. The first-order valence-electron chi connectivity index (χ1n) is 31.9. The van der Waals surface area contributed by atoms with Crippen LogP contribution in [0.2, 0.25) is 0 Å². The highest BCUT2D eigenvalue weighted by atomic mass is 15.1. The molecule has 0 saturated heterocycles. The van der Waals surface area contributed by atoms with Crippen molar-refractivity contribution in [2.24, 2.45) is 0 Å². The molecule has 5 heterocycles. The quantitative estimate of drug-likeness (QED) is 0.122. The average molecular weight is 1200 g/mol. The van der Waals surface area contributed by atoms with Crippen LogP contribution in [-0.4, -0.2) is 34.1 Å². The normalized spacial score (nSPS) is 11.5. The first-order valence-corrected chi connectivity index (χ1v) is 31.9. The van der Waals surface area contributed by atoms with E-state index >= 15 is 0 Å². The molecule has 0 aliphatic rings. The monoisotopic (exact) mass is 1200 g/mol. The van der Waals surface area contributed by atoms with Gasteiger partial charge < -0.3 is 9.13 Å². The van der Waals surface area contributed by atoms with E-state index in [1.807, 2.05) is 30.3 Å². The van der Waals surface area contributed by atoms with Gasteiger partial charge >= 0.3 is 0 Å². The van der Waals surface area contributed by atoms with Gasteiger partial charge in [-0.3, -0.25) is 0 Å². The minimum Gasteiger partial charge on any atom is -0.307 e. The number of aromatic nitrogens is 7. The summed E-state index contributed by atoms with van der Waals surface area (Å²) in [6.45, 7) is 4.37. The molecule has 0 unspecified atom stereocenters. The number of benzene rings is 12. The van der Waals surface area contributed by atoms with Crippen LogP contribution in [0.1, 0.15) is 11.1 Å². The fourth-order valence-electron chi connectivity index (χ4n) is 13.5. The highest BCUT2D eigenvalue weighted by Gasteiger charge is 2.28. The molecule has 0 radical (unpaired) electrons. The summed E-state index contributed by atoms with van der Waals surface area (Å²) in [5, 5.41) is 4.53. The number of fused-ring (bicyclic) bond motifs is 6. The van der Waals surface area contributed by atoms with Crippen LogP contribution in [0.15, 0.2) is 322 Å². The summed E-state index contributed by atoms with van der Waals surface area (Å²) >= 11 is 0. The Morgan fingerprint density at radius 1 is 0.213 bits per heavy atom. The van der Waals surface area contributed by atoms with Gasteiger partial charge in [-0.15, -0.1) is 0 Å². The van der Waals surface area contributed by atoms with E-state index in [4.69, 9.17) is 24.9 Å². The van der Waals surface area contributed by atoms with Crippen LogP contribution in [-0.2, 0) is 0 Å². The van der Waals surface area contributed by atoms with Crippen molar-refractivity contribution < 1.29 is 0 Å². The smallest absolute Gasteiger partial charge is 0.160 e. The molecule has 0 amide bonds. The third-order valence-electron chi connectivity index (χ3n) is 18.0. The minimum atomic E-state index is 0.607. The lowest BCUT2D eigenvalue weighted by Crippen LogP contribution is -2.08. The first-order chi connectivity index (χ1) is 46.4. The average Bonchev–Trinajstić information content (AvgIpc) is 1.52. The number of hydrogen-bond donors (Lipinski definition) is 0. The lowest BCUT2D eigenvalue weighted by molar-refractivity contribution is 1.09. The molecule has 17 rings (SSSR count). The van der Waals surface area contributed by atoms with E-state index in [0.29, 0.717) is 11.6 Å². The van der Waals surface area contributed by atoms with Gasteiger partial charge in [-0.1, -0.05) is 254 Å². The standard InChI is InChI=1S/C87H59N7/c1-56-38-43-80-70(46-56)71-47-57(2)39-44-81(71)93(80)84-53-68(78-54-76(61-30-16-6-17-31-61)89-86(91-78)63-34-20-8-21-35-63)49-73(79-55-77(62-32-18-7-19-33-62)90-87(92-79)64-36-22-9-23-37-64)85(84)94-82-45-41-65(58-24-10-3-11-25-58)48-72(82)69-42-40-66(52-83(69)94)67-50-74(59-26-12-4-13-27-59)88-75(51-67)60-28-14-5-15-29-60/h3-55H,1-2H3. The van der Waals surface area contributed by atoms with E-state index in [1.54, 1.807) is 0 Å². The molecule has 0 fully saturated rings. The topological polar surface area (TPSA) is 74.3 Å². The van der Waals surface area contributed by atoms with E-state index in [1.165, 1.54) is 11.1 Å². The minimum absolute atomic E-state index is 0.607. The molecule has 94 heavy (non-hydrogen) atoms. The zero-order valence-electron chi connectivity index (χ0n) is 51.7. The fraction of sp³-hybridized carbons (Fsp3) is 0.0230. The fourth-order valence-corrected chi connectivity index (χ4v) is 13.5. The van der Waals surface area contributed by atoms with Gasteiger partial charge in [-0.25, -0.2) is 24.9 Å². The molecule has 442 valence electrons. The number of rotatable bonds is 12. The van der Waals surface area contributed by atoms with E-state index < -0.39 is 0 Å². The second kappa shape index (κ2) is 23.4. The molecular weight excluding hydrogens is 1140 g/mol. The van der Waals surface area contributed by atoms with Crippen LogP contribution in [0.3, 0.4) is 0 Å². The Balaban J connectivity index is 1.06. The molecule has 7 nitrogen and oxygen atoms in total. The molecule has 0 saturated carbocycles. The van der Waals surface area contributed by atoms with Crippen LogP contribution < -0.4 is 0 Å². The molecule has 0 aliphatic carbocycles. The van der Waals surface area contributed by atoms with Gasteiger partial charge in [-0.05, 0) is 115 Å². The van der Waals surface area contributed by atoms with Crippen molar-refractivity contribution in [3.63, 3.8) is 0 Å². The van der Waals surface area contributed by atoms with Crippen LogP contribution in [0.5, 0.6) is 0 Å².